The molecule has 4 amide bonds. The number of hydrogen-bond donors (Lipinski definition) is 7. The van der Waals surface area contributed by atoms with Crippen molar-refractivity contribution in [3.8, 4) is 28.3 Å². The quantitative estimate of drug-likeness (QED) is 0.0234. The molecule has 6 rings (SSSR count). The summed E-state index contributed by atoms with van der Waals surface area (Å²) in [6, 6.07) is 29.8. The van der Waals surface area contributed by atoms with E-state index in [9.17, 15) is 40.4 Å². The smallest absolute Gasteiger partial charge is 0.408 e. The normalized spacial score (nSPS) is 11.9. The fraction of sp³-hybridized carbons (Fsp3) is 0.346. The van der Waals surface area contributed by atoms with Gasteiger partial charge in [0.15, 0.2) is 10.3 Å². The second-order valence-corrected chi connectivity index (χ2v) is 22.3. The van der Waals surface area contributed by atoms with E-state index in [1.165, 1.54) is 34.8 Å². The molecule has 0 fully saturated rings. The van der Waals surface area contributed by atoms with Gasteiger partial charge in [0, 0.05) is 41.5 Å². The number of thiazole rings is 2. The Morgan fingerprint density at radius 2 is 1.08 bits per heavy atom. The Morgan fingerprint density at radius 3 is 1.50 bits per heavy atom. The summed E-state index contributed by atoms with van der Waals surface area (Å²) in [5, 5.41) is 19.9. The van der Waals surface area contributed by atoms with Crippen LogP contribution in [0.3, 0.4) is 0 Å². The highest BCUT2D eigenvalue weighted by molar-refractivity contribution is 7.88. The Labute approximate surface area is 463 Å². The number of halogens is 1. The van der Waals surface area contributed by atoms with Crippen LogP contribution in [0.1, 0.15) is 57.1 Å². The molecule has 0 saturated carbocycles. The van der Waals surface area contributed by atoms with E-state index >= 15 is 0 Å². The first-order chi connectivity index (χ1) is 36.8. The van der Waals surface area contributed by atoms with Crippen LogP contribution in [0.2, 0.25) is 0 Å². The fourth-order valence-corrected chi connectivity index (χ4v) is 9.16. The second-order valence-electron chi connectivity index (χ2n) is 17.4. The largest absolute Gasteiger partial charge is 0.492 e. The molecule has 422 valence electrons. The maximum Gasteiger partial charge on any atom is 0.408 e. The van der Waals surface area contributed by atoms with Gasteiger partial charge in [0.1, 0.15) is 43.5 Å². The molecule has 0 radical (unpaired) electrons. The molecule has 4 aromatic carbocycles. The van der Waals surface area contributed by atoms with Gasteiger partial charge in [-0.15, -0.1) is 22.7 Å². The molecular formula is C52H67FN10O11S4. The van der Waals surface area contributed by atoms with Crippen molar-refractivity contribution in [3.63, 3.8) is 0 Å². The molecule has 6 aromatic rings. The molecule has 2 aromatic heterocycles. The van der Waals surface area contributed by atoms with Crippen LogP contribution in [-0.4, -0.2) is 114 Å². The first-order valence-corrected chi connectivity index (χ1v) is 29.3. The van der Waals surface area contributed by atoms with Crippen LogP contribution < -0.4 is 40.6 Å². The standard InChI is InChI=1S/C27H36N6O6S2.C24H27FN4O5S2.CH4/c1-33(2)16-17-38-22-13-11-21(12-14-22)24-19-40-26(30-24)32-25(34)23(10-6-7-15-29-41(28,36)37)31-27(35)39-18-20-8-4-3-5-9-20;1-36(32,33)26-14-6-5-9-20(28-24(31)34-15-17-7-3-2-4-8-17)22(30)29-23-27-21(16-35-23)18-10-12-19(25)13-11-18;/h3-5,8-9,11-14,19,23,29H,6-7,10,15-18H2,1-2H3,(H,31,35)(H2,28,36,37)(H,30,32,34);2-4,7-8,10-13,16,20,26H,5-6,9,14-15H2,1H3,(H,28,31)(H,27,29,30);1H4/t23-;20-;/m00./s1. The molecule has 0 saturated heterocycles. The van der Waals surface area contributed by atoms with Gasteiger partial charge in [0.2, 0.25) is 21.8 Å². The fourth-order valence-electron chi connectivity index (χ4n) is 6.77. The lowest BCUT2D eigenvalue weighted by Gasteiger charge is -2.17. The summed E-state index contributed by atoms with van der Waals surface area (Å²) < 4.78 is 78.6. The van der Waals surface area contributed by atoms with Crippen LogP contribution in [0.15, 0.2) is 120 Å². The maximum atomic E-state index is 13.2. The molecule has 0 aliphatic rings. The van der Waals surface area contributed by atoms with Crippen molar-refractivity contribution in [2.75, 3.05) is 57.2 Å². The second kappa shape index (κ2) is 32.7. The summed E-state index contributed by atoms with van der Waals surface area (Å²) in [6.45, 7) is 1.82. The number of nitrogens with two attached hydrogens (primary N) is 1. The summed E-state index contributed by atoms with van der Waals surface area (Å²) in [7, 11) is -3.14. The van der Waals surface area contributed by atoms with Crippen molar-refractivity contribution < 1.29 is 54.6 Å². The monoisotopic (exact) mass is 1150 g/mol. The van der Waals surface area contributed by atoms with E-state index in [0.717, 1.165) is 35.2 Å². The third kappa shape index (κ3) is 25.0. The van der Waals surface area contributed by atoms with E-state index in [1.54, 1.807) is 17.5 Å². The van der Waals surface area contributed by atoms with Crippen molar-refractivity contribution >= 4 is 77.2 Å². The zero-order valence-corrected chi connectivity index (χ0v) is 45.9. The van der Waals surface area contributed by atoms with E-state index in [-0.39, 0.29) is 52.4 Å². The van der Waals surface area contributed by atoms with Gasteiger partial charge in [-0.3, -0.25) is 9.59 Å². The number of ether oxygens (including phenoxy) is 3. The SMILES string of the molecule is C.CN(C)CCOc1ccc(-c2csc(NC(=O)[C@H](CCCCNS(N)(=O)=O)NC(=O)OCc3ccccc3)n2)cc1.CS(=O)(=O)NCCCC[C@H](NC(=O)OCc1ccccc1)C(=O)Nc1nc(-c2ccc(F)cc2)cs1. The van der Waals surface area contributed by atoms with E-state index in [2.05, 4.69) is 40.7 Å². The average Bonchev–Trinajstić information content (AvgIpc) is 4.07. The Bertz CT molecular complexity index is 3010. The van der Waals surface area contributed by atoms with Gasteiger partial charge < -0.3 is 40.4 Å². The predicted octanol–water partition coefficient (Wildman–Crippen LogP) is 7.49. The van der Waals surface area contributed by atoms with Crippen LogP contribution >= 0.6 is 22.7 Å². The predicted molar refractivity (Wildman–Crippen MR) is 302 cm³/mol. The first kappa shape index (κ1) is 63.6. The summed E-state index contributed by atoms with van der Waals surface area (Å²) >= 11 is 2.46. The minimum absolute atomic E-state index is 0. The number of sulfonamides is 1. The number of nitrogens with one attached hydrogen (secondary N) is 6. The number of alkyl carbamates (subject to hydrolysis) is 2. The van der Waals surface area contributed by atoms with Gasteiger partial charge in [0.05, 0.1) is 17.6 Å². The number of carbonyl (C=O) groups excluding carboxylic acids is 4. The third-order valence-corrected chi connectivity index (χ3v) is 13.6. The molecule has 0 unspecified atom stereocenters. The van der Waals surface area contributed by atoms with Crippen molar-refractivity contribution in [3.05, 3.63) is 137 Å². The summed E-state index contributed by atoms with van der Waals surface area (Å²) in [5.41, 5.74) is 4.44. The number of likely N-dealkylation sites (N-methyl/N-ethyl adjacent to an activating group) is 1. The van der Waals surface area contributed by atoms with Gasteiger partial charge in [-0.1, -0.05) is 68.1 Å². The molecule has 0 bridgehead atoms. The van der Waals surface area contributed by atoms with Crippen LogP contribution in [0.25, 0.3) is 22.5 Å². The molecule has 26 heteroatoms. The zero-order chi connectivity index (χ0) is 55.6. The van der Waals surface area contributed by atoms with Crippen LogP contribution in [0.5, 0.6) is 5.75 Å². The molecule has 0 aliphatic carbocycles. The number of anilines is 2. The van der Waals surface area contributed by atoms with Crippen molar-refractivity contribution in [1.29, 1.82) is 0 Å². The average molecular weight is 1160 g/mol. The molecule has 0 aliphatic heterocycles. The number of rotatable bonds is 28. The Morgan fingerprint density at radius 1 is 0.641 bits per heavy atom. The number of hydrogen-bond acceptors (Lipinski definition) is 16. The van der Waals surface area contributed by atoms with E-state index < -0.39 is 56.3 Å². The van der Waals surface area contributed by atoms with Gasteiger partial charge in [0.25, 0.3) is 10.2 Å². The van der Waals surface area contributed by atoms with Crippen molar-refractivity contribution in [2.24, 2.45) is 5.14 Å². The van der Waals surface area contributed by atoms with Crippen molar-refractivity contribution in [2.45, 2.75) is 71.2 Å². The number of carbonyl (C=O) groups is 4. The van der Waals surface area contributed by atoms with Gasteiger partial charge in [-0.2, -0.15) is 8.42 Å². The summed E-state index contributed by atoms with van der Waals surface area (Å²) in [6.07, 6.45) is 1.87. The van der Waals surface area contributed by atoms with E-state index in [1.807, 2.05) is 109 Å². The first-order valence-electron chi connectivity index (χ1n) is 24.1. The third-order valence-electron chi connectivity index (χ3n) is 10.7. The van der Waals surface area contributed by atoms with Crippen LogP contribution in [0.4, 0.5) is 24.2 Å². The molecule has 0 spiro atoms. The number of aromatic nitrogens is 2. The molecule has 78 heavy (non-hydrogen) atoms. The molecular weight excluding hydrogens is 1090 g/mol. The lowest BCUT2D eigenvalue weighted by molar-refractivity contribution is -0.119. The molecule has 2 heterocycles. The number of unbranched alkanes of at least 4 members (excludes halogenated alkanes) is 2. The molecule has 2 atom stereocenters. The van der Waals surface area contributed by atoms with Crippen molar-refractivity contribution in [1.82, 2.24) is 34.9 Å². The molecule has 21 nitrogen and oxygen atoms in total. The number of amides is 4. The Hall–Kier alpha value is -6.91. The maximum absolute atomic E-state index is 13.2. The zero-order valence-electron chi connectivity index (χ0n) is 42.6. The highest BCUT2D eigenvalue weighted by Gasteiger charge is 2.24. The van der Waals surface area contributed by atoms with Gasteiger partial charge >= 0.3 is 12.2 Å². The Kier molecular flexibility index (Phi) is 26.7. The molecule has 8 N–H and O–H groups in total. The Balaban J connectivity index is 0.000000335. The van der Waals surface area contributed by atoms with Gasteiger partial charge in [-0.05, 0) is 112 Å². The van der Waals surface area contributed by atoms with E-state index in [0.29, 0.717) is 59.5 Å². The van der Waals surface area contributed by atoms with E-state index in [4.69, 9.17) is 19.3 Å². The van der Waals surface area contributed by atoms with Gasteiger partial charge in [-0.25, -0.2) is 46.9 Å². The van der Waals surface area contributed by atoms with Crippen LogP contribution in [-0.2, 0) is 52.5 Å². The number of nitrogens with zero attached hydrogens (tertiary/aromatic N) is 3. The topological polar surface area (TPSA) is 291 Å². The minimum atomic E-state index is -3.80. The summed E-state index contributed by atoms with van der Waals surface area (Å²) in [5.74, 6) is -0.552. The lowest BCUT2D eigenvalue weighted by atomic mass is 10.1. The summed E-state index contributed by atoms with van der Waals surface area (Å²) in [4.78, 5) is 61.8. The highest BCUT2D eigenvalue weighted by atomic mass is 32.2. The lowest BCUT2D eigenvalue weighted by Crippen LogP contribution is -2.44. The van der Waals surface area contributed by atoms with Crippen LogP contribution in [0, 0.1) is 5.82 Å². The number of benzene rings is 4. The highest BCUT2D eigenvalue weighted by Crippen LogP contribution is 2.28. The minimum Gasteiger partial charge on any atom is -0.492 e.